The van der Waals surface area contributed by atoms with Crippen LogP contribution in [0.4, 0.5) is 5.69 Å². The fourth-order valence-electron chi connectivity index (χ4n) is 2.92. The van der Waals surface area contributed by atoms with Gasteiger partial charge in [-0.2, -0.15) is 0 Å². The average Bonchev–Trinajstić information content (AvgIpc) is 2.55. The number of rotatable bonds is 6. The van der Waals surface area contributed by atoms with Gasteiger partial charge in [0, 0.05) is 24.3 Å². The Bertz CT molecular complexity index is 483. The molecule has 1 aromatic carbocycles. The van der Waals surface area contributed by atoms with Crippen molar-refractivity contribution in [3.05, 3.63) is 24.3 Å². The SMILES string of the molecule is COc1cccc(NC(N)=NCCN(C)C2CCCCC2)c1. The van der Waals surface area contributed by atoms with Crippen LogP contribution in [-0.2, 0) is 0 Å². The first-order valence-corrected chi connectivity index (χ1v) is 8.10. The van der Waals surface area contributed by atoms with Gasteiger partial charge in [-0.25, -0.2) is 0 Å². The standard InChI is InChI=1S/C17H28N4O/c1-21(15-8-4-3-5-9-15)12-11-19-17(18)20-14-7-6-10-16(13-14)22-2/h6-7,10,13,15H,3-5,8-9,11-12H2,1-2H3,(H3,18,19,20). The van der Waals surface area contributed by atoms with Crippen LogP contribution in [0, 0.1) is 0 Å². The summed E-state index contributed by atoms with van der Waals surface area (Å²) < 4.78 is 5.19. The van der Waals surface area contributed by atoms with Crippen LogP contribution in [0.2, 0.25) is 0 Å². The minimum Gasteiger partial charge on any atom is -0.497 e. The number of methoxy groups -OCH3 is 1. The van der Waals surface area contributed by atoms with E-state index in [1.54, 1.807) is 7.11 Å². The van der Waals surface area contributed by atoms with Crippen molar-refractivity contribution in [1.82, 2.24) is 4.90 Å². The molecular weight excluding hydrogens is 276 g/mol. The average molecular weight is 304 g/mol. The van der Waals surface area contributed by atoms with Gasteiger partial charge in [-0.15, -0.1) is 0 Å². The van der Waals surface area contributed by atoms with E-state index in [1.165, 1.54) is 32.1 Å². The molecule has 122 valence electrons. The highest BCUT2D eigenvalue weighted by atomic mass is 16.5. The van der Waals surface area contributed by atoms with Gasteiger partial charge in [-0.1, -0.05) is 25.3 Å². The number of hydrogen-bond acceptors (Lipinski definition) is 3. The van der Waals surface area contributed by atoms with Crippen molar-refractivity contribution in [1.29, 1.82) is 0 Å². The van der Waals surface area contributed by atoms with E-state index in [0.717, 1.165) is 30.6 Å². The van der Waals surface area contributed by atoms with Crippen LogP contribution in [0.5, 0.6) is 5.75 Å². The summed E-state index contributed by atoms with van der Waals surface area (Å²) in [4.78, 5) is 6.83. The third-order valence-electron chi connectivity index (χ3n) is 4.28. The van der Waals surface area contributed by atoms with Gasteiger partial charge < -0.3 is 20.7 Å². The van der Waals surface area contributed by atoms with Crippen LogP contribution in [0.1, 0.15) is 32.1 Å². The lowest BCUT2D eigenvalue weighted by molar-refractivity contribution is 0.196. The molecule has 5 heteroatoms. The van der Waals surface area contributed by atoms with Crippen molar-refractivity contribution in [3.63, 3.8) is 0 Å². The molecule has 1 aliphatic carbocycles. The van der Waals surface area contributed by atoms with Crippen LogP contribution in [0.25, 0.3) is 0 Å². The highest BCUT2D eigenvalue weighted by Crippen LogP contribution is 2.21. The van der Waals surface area contributed by atoms with E-state index in [4.69, 9.17) is 10.5 Å². The van der Waals surface area contributed by atoms with Gasteiger partial charge in [-0.3, -0.25) is 4.99 Å². The second kappa shape index (κ2) is 8.63. The van der Waals surface area contributed by atoms with Crippen molar-refractivity contribution < 1.29 is 4.74 Å². The number of ether oxygens (including phenoxy) is 1. The lowest BCUT2D eigenvalue weighted by Gasteiger charge is -2.30. The van der Waals surface area contributed by atoms with Crippen molar-refractivity contribution in [2.75, 3.05) is 32.6 Å². The molecule has 0 atom stereocenters. The van der Waals surface area contributed by atoms with E-state index < -0.39 is 0 Å². The number of benzene rings is 1. The maximum Gasteiger partial charge on any atom is 0.193 e. The number of nitrogens with two attached hydrogens (primary N) is 1. The Kier molecular flexibility index (Phi) is 6.52. The molecule has 0 unspecified atom stereocenters. The molecule has 0 heterocycles. The summed E-state index contributed by atoms with van der Waals surface area (Å²) in [5, 5.41) is 3.10. The molecule has 3 N–H and O–H groups in total. The number of hydrogen-bond donors (Lipinski definition) is 2. The molecule has 22 heavy (non-hydrogen) atoms. The lowest BCUT2D eigenvalue weighted by Crippen LogP contribution is -2.35. The Labute approximate surface area is 133 Å². The lowest BCUT2D eigenvalue weighted by atomic mass is 9.94. The van der Waals surface area contributed by atoms with Gasteiger partial charge in [-0.05, 0) is 32.0 Å². The van der Waals surface area contributed by atoms with Crippen LogP contribution >= 0.6 is 0 Å². The van der Waals surface area contributed by atoms with Gasteiger partial charge in [0.1, 0.15) is 5.75 Å². The number of likely N-dealkylation sites (N-methyl/N-ethyl adjacent to an activating group) is 1. The molecule has 0 radical (unpaired) electrons. The quantitative estimate of drug-likeness (QED) is 0.626. The highest BCUT2D eigenvalue weighted by molar-refractivity contribution is 5.92. The Morgan fingerprint density at radius 1 is 1.36 bits per heavy atom. The highest BCUT2D eigenvalue weighted by Gasteiger charge is 2.17. The van der Waals surface area contributed by atoms with Crippen LogP contribution < -0.4 is 15.8 Å². The van der Waals surface area contributed by atoms with Crippen LogP contribution in [0.15, 0.2) is 29.3 Å². The first-order chi connectivity index (χ1) is 10.7. The summed E-state index contributed by atoms with van der Waals surface area (Å²) in [5.74, 6) is 1.25. The number of aliphatic imine (C=N–C) groups is 1. The number of nitrogens with one attached hydrogen (secondary N) is 1. The molecule has 0 bridgehead atoms. The van der Waals surface area contributed by atoms with Crippen molar-refractivity contribution in [2.45, 2.75) is 38.1 Å². The molecule has 1 aliphatic rings. The summed E-state index contributed by atoms with van der Waals surface area (Å²) in [6, 6.07) is 8.38. The zero-order valence-corrected chi connectivity index (χ0v) is 13.7. The molecule has 0 spiro atoms. The fourth-order valence-corrected chi connectivity index (χ4v) is 2.92. The topological polar surface area (TPSA) is 62.9 Å². The predicted molar refractivity (Wildman–Crippen MR) is 92.6 cm³/mol. The molecule has 1 aromatic rings. The van der Waals surface area contributed by atoms with Crippen LogP contribution in [0.3, 0.4) is 0 Å². The second-order valence-electron chi connectivity index (χ2n) is 5.90. The van der Waals surface area contributed by atoms with E-state index in [1.807, 2.05) is 24.3 Å². The summed E-state index contributed by atoms with van der Waals surface area (Å²) in [6.45, 7) is 1.67. The predicted octanol–water partition coefficient (Wildman–Crippen LogP) is 2.69. The summed E-state index contributed by atoms with van der Waals surface area (Å²) in [5.41, 5.74) is 6.83. The zero-order valence-electron chi connectivity index (χ0n) is 13.7. The fraction of sp³-hybridized carbons (Fsp3) is 0.588. The minimum absolute atomic E-state index is 0.449. The van der Waals surface area contributed by atoms with Crippen molar-refractivity contribution in [3.8, 4) is 5.75 Å². The van der Waals surface area contributed by atoms with Crippen molar-refractivity contribution >= 4 is 11.6 Å². The Hall–Kier alpha value is -1.75. The third-order valence-corrected chi connectivity index (χ3v) is 4.28. The van der Waals surface area contributed by atoms with Gasteiger partial charge in [0.05, 0.1) is 13.7 Å². The molecule has 0 saturated heterocycles. The molecule has 0 aromatic heterocycles. The largest absolute Gasteiger partial charge is 0.497 e. The maximum atomic E-state index is 5.94. The Morgan fingerprint density at radius 3 is 2.86 bits per heavy atom. The van der Waals surface area contributed by atoms with E-state index >= 15 is 0 Å². The number of anilines is 1. The van der Waals surface area contributed by atoms with Gasteiger partial charge in [0.25, 0.3) is 0 Å². The first-order valence-electron chi connectivity index (χ1n) is 8.10. The summed E-state index contributed by atoms with van der Waals surface area (Å²) in [7, 11) is 3.84. The summed E-state index contributed by atoms with van der Waals surface area (Å²) in [6.07, 6.45) is 6.74. The van der Waals surface area contributed by atoms with E-state index in [-0.39, 0.29) is 0 Å². The van der Waals surface area contributed by atoms with Gasteiger partial charge in [0.15, 0.2) is 5.96 Å². The van der Waals surface area contributed by atoms with E-state index in [9.17, 15) is 0 Å². The number of guanidine groups is 1. The van der Waals surface area contributed by atoms with E-state index in [2.05, 4.69) is 22.3 Å². The van der Waals surface area contributed by atoms with Gasteiger partial charge in [0.2, 0.25) is 0 Å². The molecule has 5 nitrogen and oxygen atoms in total. The minimum atomic E-state index is 0.449. The Morgan fingerprint density at radius 2 is 2.14 bits per heavy atom. The first kappa shape index (κ1) is 16.6. The molecular formula is C17H28N4O. The van der Waals surface area contributed by atoms with E-state index in [0.29, 0.717) is 5.96 Å². The molecule has 1 fully saturated rings. The normalized spacial score (nSPS) is 16.8. The van der Waals surface area contributed by atoms with Crippen LogP contribution in [-0.4, -0.2) is 44.1 Å². The molecule has 0 aliphatic heterocycles. The molecule has 0 amide bonds. The summed E-state index contributed by atoms with van der Waals surface area (Å²) >= 11 is 0. The molecule has 2 rings (SSSR count). The second-order valence-corrected chi connectivity index (χ2v) is 5.90. The maximum absolute atomic E-state index is 5.94. The smallest absolute Gasteiger partial charge is 0.193 e. The third kappa shape index (κ3) is 5.22. The zero-order chi connectivity index (χ0) is 15.8. The monoisotopic (exact) mass is 304 g/mol. The Balaban J connectivity index is 1.76. The van der Waals surface area contributed by atoms with Gasteiger partial charge >= 0.3 is 0 Å². The number of nitrogens with zero attached hydrogens (tertiary/aromatic N) is 2. The molecule has 1 saturated carbocycles. The van der Waals surface area contributed by atoms with Crippen molar-refractivity contribution in [2.24, 2.45) is 10.7 Å².